The van der Waals surface area contributed by atoms with Crippen LogP contribution in [0.25, 0.3) is 0 Å². The first-order chi connectivity index (χ1) is 8.63. The average molecular weight is 305 g/mol. The van der Waals surface area contributed by atoms with Crippen LogP contribution in [0.3, 0.4) is 0 Å². The molecule has 1 aromatic carbocycles. The van der Waals surface area contributed by atoms with E-state index in [2.05, 4.69) is 0 Å². The maximum absolute atomic E-state index is 13.4. The lowest BCUT2D eigenvalue weighted by Gasteiger charge is -2.05. The van der Waals surface area contributed by atoms with Crippen molar-refractivity contribution in [1.82, 2.24) is 0 Å². The highest BCUT2D eigenvalue weighted by atomic mass is 32.2. The molecule has 0 atom stereocenters. The quantitative estimate of drug-likeness (QED) is 0.796. The molecule has 0 bridgehead atoms. The second kappa shape index (κ2) is 5.67. The largest absolute Gasteiger partial charge is 0.229 e. The summed E-state index contributed by atoms with van der Waals surface area (Å²) in [6.07, 6.45) is 0.930. The third-order valence-corrected chi connectivity index (χ3v) is 5.10. The molecule has 0 spiro atoms. The lowest BCUT2D eigenvalue weighted by molar-refractivity contribution is 0.584. The summed E-state index contributed by atoms with van der Waals surface area (Å²) in [6, 6.07) is 5.18. The van der Waals surface area contributed by atoms with E-state index in [1.54, 1.807) is 6.07 Å². The summed E-state index contributed by atoms with van der Waals surface area (Å²) in [5.41, 5.74) is 0.0160. The fourth-order valence-electron chi connectivity index (χ4n) is 1.34. The third-order valence-electron chi connectivity index (χ3n) is 2.32. The molecule has 0 heterocycles. The van der Waals surface area contributed by atoms with Crippen molar-refractivity contribution in [2.75, 3.05) is 17.8 Å². The summed E-state index contributed by atoms with van der Waals surface area (Å²) >= 11 is 0. The van der Waals surface area contributed by atoms with Crippen molar-refractivity contribution < 1.29 is 21.2 Å². The Morgan fingerprint density at radius 1 is 1.21 bits per heavy atom. The van der Waals surface area contributed by atoms with Crippen molar-refractivity contribution in [2.45, 2.75) is 5.75 Å². The van der Waals surface area contributed by atoms with E-state index in [4.69, 9.17) is 5.26 Å². The molecule has 104 valence electrons. The van der Waals surface area contributed by atoms with Crippen molar-refractivity contribution in [3.05, 3.63) is 35.1 Å². The Hall–Kier alpha value is -1.46. The summed E-state index contributed by atoms with van der Waals surface area (Å²) in [5, 5.41) is 8.66. The van der Waals surface area contributed by atoms with Crippen LogP contribution in [0.15, 0.2) is 18.2 Å². The monoisotopic (exact) mass is 305 g/mol. The van der Waals surface area contributed by atoms with E-state index in [9.17, 15) is 21.2 Å². The van der Waals surface area contributed by atoms with Gasteiger partial charge >= 0.3 is 0 Å². The summed E-state index contributed by atoms with van der Waals surface area (Å²) in [4.78, 5) is 0. The normalized spacial score (nSPS) is 12.1. The van der Waals surface area contributed by atoms with E-state index < -0.39 is 42.8 Å². The van der Waals surface area contributed by atoms with Crippen molar-refractivity contribution in [2.24, 2.45) is 0 Å². The minimum atomic E-state index is -3.74. The highest BCUT2D eigenvalue weighted by Gasteiger charge is 2.18. The lowest BCUT2D eigenvalue weighted by atomic mass is 10.1. The minimum Gasteiger partial charge on any atom is -0.229 e. The van der Waals surface area contributed by atoms with Gasteiger partial charge in [0, 0.05) is 11.8 Å². The maximum Gasteiger partial charge on any atom is 0.155 e. The van der Waals surface area contributed by atoms with Gasteiger partial charge in [-0.2, -0.15) is 5.26 Å². The van der Waals surface area contributed by atoms with Crippen molar-refractivity contribution in [1.29, 1.82) is 5.26 Å². The van der Waals surface area contributed by atoms with Gasteiger partial charge in [0.15, 0.2) is 9.84 Å². The minimum absolute atomic E-state index is 0.132. The second-order valence-corrected chi connectivity index (χ2v) is 8.58. The van der Waals surface area contributed by atoms with Crippen molar-refractivity contribution in [3.63, 3.8) is 0 Å². The smallest absolute Gasteiger partial charge is 0.155 e. The van der Waals surface area contributed by atoms with Crippen LogP contribution >= 0.6 is 0 Å². The van der Waals surface area contributed by atoms with Crippen molar-refractivity contribution in [3.8, 4) is 6.07 Å². The molecule has 1 aromatic rings. The molecule has 5 nitrogen and oxygen atoms in total. The standard InChI is InChI=1S/C11H12FNO4S2/c1-18(14,15)4-5-19(16,17)8-10-6-9(7-13)2-3-11(10)12/h2-3,6H,4-5,8H2,1H3. The van der Waals surface area contributed by atoms with Crippen LogP contribution in [0.1, 0.15) is 11.1 Å². The van der Waals surface area contributed by atoms with Crippen LogP contribution in [0, 0.1) is 17.1 Å². The molecular weight excluding hydrogens is 293 g/mol. The van der Waals surface area contributed by atoms with Crippen LogP contribution in [0.4, 0.5) is 4.39 Å². The van der Waals surface area contributed by atoms with Crippen LogP contribution < -0.4 is 0 Å². The Labute approximate surface area is 111 Å². The Balaban J connectivity index is 2.93. The third kappa shape index (κ3) is 5.36. The Morgan fingerprint density at radius 2 is 1.84 bits per heavy atom. The number of hydrogen-bond donors (Lipinski definition) is 0. The lowest BCUT2D eigenvalue weighted by Crippen LogP contribution is -2.18. The van der Waals surface area contributed by atoms with Gasteiger partial charge in [-0.25, -0.2) is 21.2 Å². The van der Waals surface area contributed by atoms with Gasteiger partial charge < -0.3 is 0 Å². The Morgan fingerprint density at radius 3 is 2.37 bits per heavy atom. The zero-order valence-corrected chi connectivity index (χ0v) is 11.8. The van der Waals surface area contributed by atoms with Gasteiger partial charge in [0.05, 0.1) is 28.9 Å². The zero-order valence-electron chi connectivity index (χ0n) is 10.1. The molecule has 19 heavy (non-hydrogen) atoms. The van der Waals surface area contributed by atoms with Crippen LogP contribution in [0.5, 0.6) is 0 Å². The molecule has 1 rings (SSSR count). The topological polar surface area (TPSA) is 92.1 Å². The van der Waals surface area contributed by atoms with E-state index >= 15 is 0 Å². The van der Waals surface area contributed by atoms with E-state index in [1.807, 2.05) is 0 Å². The molecule has 0 unspecified atom stereocenters. The van der Waals surface area contributed by atoms with Gasteiger partial charge in [-0.3, -0.25) is 0 Å². The molecule has 0 amide bonds. The highest BCUT2D eigenvalue weighted by molar-refractivity contribution is 7.94. The van der Waals surface area contributed by atoms with Crippen LogP contribution in [-0.4, -0.2) is 34.6 Å². The maximum atomic E-state index is 13.4. The first-order valence-corrected chi connectivity index (χ1v) is 9.08. The van der Waals surface area contributed by atoms with E-state index in [1.165, 1.54) is 6.07 Å². The number of sulfone groups is 2. The Bertz CT molecular complexity index is 718. The van der Waals surface area contributed by atoms with Crippen LogP contribution in [0.2, 0.25) is 0 Å². The van der Waals surface area contributed by atoms with E-state index in [-0.39, 0.29) is 11.1 Å². The second-order valence-electron chi connectivity index (χ2n) is 4.14. The molecule has 0 saturated heterocycles. The molecule has 0 fully saturated rings. The van der Waals surface area contributed by atoms with Gasteiger partial charge in [0.1, 0.15) is 15.7 Å². The first kappa shape index (κ1) is 15.6. The molecule has 0 N–H and O–H groups in total. The molecule has 0 aliphatic heterocycles. The number of halogens is 1. The number of benzene rings is 1. The van der Waals surface area contributed by atoms with E-state index in [0.29, 0.717) is 0 Å². The number of nitrogens with zero attached hydrogens (tertiary/aromatic N) is 1. The van der Waals surface area contributed by atoms with E-state index in [0.717, 1.165) is 18.4 Å². The molecule has 8 heteroatoms. The molecule has 0 radical (unpaired) electrons. The van der Waals surface area contributed by atoms with Gasteiger partial charge in [0.2, 0.25) is 0 Å². The molecule has 0 saturated carbocycles. The average Bonchev–Trinajstić information content (AvgIpc) is 2.29. The number of rotatable bonds is 5. The number of nitriles is 1. The molecule has 0 aliphatic carbocycles. The fraction of sp³-hybridized carbons (Fsp3) is 0.364. The van der Waals surface area contributed by atoms with Crippen LogP contribution in [-0.2, 0) is 25.4 Å². The van der Waals surface area contributed by atoms with Gasteiger partial charge in [-0.15, -0.1) is 0 Å². The summed E-state index contributed by atoms with van der Waals surface area (Å²) < 4.78 is 58.6. The molecular formula is C11H12FNO4S2. The number of hydrogen-bond acceptors (Lipinski definition) is 5. The zero-order chi connectivity index (χ0) is 14.7. The summed E-state index contributed by atoms with van der Waals surface area (Å²) in [5.74, 6) is -2.43. The SMILES string of the molecule is CS(=O)(=O)CCS(=O)(=O)Cc1cc(C#N)ccc1F. The van der Waals surface area contributed by atoms with Gasteiger partial charge in [-0.1, -0.05) is 0 Å². The Kier molecular flexibility index (Phi) is 4.66. The predicted molar refractivity (Wildman–Crippen MR) is 68.3 cm³/mol. The predicted octanol–water partition coefficient (Wildman–Crippen LogP) is 0.657. The van der Waals surface area contributed by atoms with Gasteiger partial charge in [0.25, 0.3) is 0 Å². The highest BCUT2D eigenvalue weighted by Crippen LogP contribution is 2.14. The summed E-state index contributed by atoms with van der Waals surface area (Å²) in [7, 11) is -7.14. The summed E-state index contributed by atoms with van der Waals surface area (Å²) in [6.45, 7) is 0. The fourth-order valence-corrected chi connectivity index (χ4v) is 4.41. The molecule has 0 aliphatic rings. The first-order valence-electron chi connectivity index (χ1n) is 5.20. The van der Waals surface area contributed by atoms with Gasteiger partial charge in [-0.05, 0) is 18.2 Å². The van der Waals surface area contributed by atoms with Crippen molar-refractivity contribution >= 4 is 19.7 Å². The molecule has 0 aromatic heterocycles.